The molecule has 112 heavy (non-hydrogen) atoms. The summed E-state index contributed by atoms with van der Waals surface area (Å²) in [5, 5.41) is 14.5. The SMILES string of the molecule is CSSC(C)c1ccccc1C(=O)O[C@@H]1C[C@H](n2cc(C#CCNC(=O)COCCOC(COc3cccc(C(=O)NCCNC(=O)c4ccc(C5=c6cc7c(c(S(=O)(=O)O)c6Oc6c5cc5c(c6S(=O)(=O)O)NC(C)C5(C)C)=NC(C)C7(C)C)cc4)c3)N=[N+]=[N-])c(=O)[nH]c2=O)O[C@@H]1COP(=O)(O)OP(=O)(O)OP(=O)(O)O. The molecule has 6 aromatic rings. The molecule has 5 heterocycles. The van der Waals surface area contributed by atoms with Crippen LogP contribution >= 0.6 is 45.1 Å². The van der Waals surface area contributed by atoms with E-state index in [2.05, 4.69) is 61.7 Å². The number of carbonyl (C=O) groups is 4. The van der Waals surface area contributed by atoms with Crippen molar-refractivity contribution in [3.05, 3.63) is 183 Å². The number of H-pyrrole nitrogens is 1. The van der Waals surface area contributed by atoms with E-state index >= 15 is 0 Å². The monoisotopic (exact) mass is 1690 g/mol. The molecule has 0 aliphatic carbocycles. The summed E-state index contributed by atoms with van der Waals surface area (Å²) in [5.74, 6) is 1.71. The van der Waals surface area contributed by atoms with Crippen molar-refractivity contribution in [2.45, 2.75) is 118 Å². The number of nitrogens with zero attached hydrogens (tertiary/aromatic N) is 5. The molecule has 1 fully saturated rings. The van der Waals surface area contributed by atoms with Crippen LogP contribution in [0.2, 0.25) is 0 Å². The minimum Gasteiger partial charge on any atom is -0.491 e. The number of aromatic amines is 1. The average Bonchev–Trinajstić information content (AvgIpc) is 1.36. The number of phosphoric acid groups is 3. The Bertz CT molecular complexity index is 5520. The van der Waals surface area contributed by atoms with Crippen molar-refractivity contribution in [2.24, 2.45) is 10.1 Å². The summed E-state index contributed by atoms with van der Waals surface area (Å²) >= 11 is 0. The third-order valence-electron chi connectivity index (χ3n) is 18.5. The van der Waals surface area contributed by atoms with E-state index in [-0.39, 0.29) is 106 Å². The molecule has 6 unspecified atom stereocenters. The van der Waals surface area contributed by atoms with E-state index in [4.69, 9.17) is 42.7 Å². The maximum absolute atomic E-state index is 13.7. The van der Waals surface area contributed by atoms with Gasteiger partial charge in [-0.15, -0.1) is 0 Å². The molecule has 3 amide bonds. The lowest BCUT2D eigenvalue weighted by molar-refractivity contribution is -0.126. The van der Waals surface area contributed by atoms with Crippen LogP contribution in [-0.4, -0.2) is 168 Å². The zero-order valence-electron chi connectivity index (χ0n) is 60.4. The van der Waals surface area contributed by atoms with Gasteiger partial charge in [-0.1, -0.05) is 103 Å². The maximum atomic E-state index is 13.7. The molecule has 0 spiro atoms. The van der Waals surface area contributed by atoms with Crippen molar-refractivity contribution in [1.29, 1.82) is 0 Å². The molecule has 9 atom stereocenters. The number of carbonyl (C=O) groups excluding carboxylic acids is 4. The summed E-state index contributed by atoms with van der Waals surface area (Å²) in [4.78, 5) is 125. The number of hydrogen-bond acceptors (Lipinski definition) is 27. The summed E-state index contributed by atoms with van der Waals surface area (Å²) in [7, 11) is -24.8. The fourth-order valence-corrected chi connectivity index (χ4v) is 18.8. The number of amides is 3. The number of azide groups is 1. The van der Waals surface area contributed by atoms with Gasteiger partial charge in [0, 0.05) is 80.2 Å². The van der Waals surface area contributed by atoms with E-state index in [0.717, 1.165) is 10.8 Å². The Labute approximate surface area is 646 Å². The van der Waals surface area contributed by atoms with Crippen molar-refractivity contribution in [2.75, 3.05) is 64.2 Å². The maximum Gasteiger partial charge on any atom is 0.490 e. The van der Waals surface area contributed by atoms with Crippen LogP contribution in [0.1, 0.15) is 131 Å². The summed E-state index contributed by atoms with van der Waals surface area (Å²) in [5.41, 5.74) is 8.22. The summed E-state index contributed by atoms with van der Waals surface area (Å²) in [6.07, 6.45) is -3.27. The Morgan fingerprint density at radius 2 is 1.54 bits per heavy atom. The second kappa shape index (κ2) is 34.6. The standard InChI is InChI=1S/C67H75N10O28P3S4/c1-35(110-109-8)43-16-9-10-17-44(43)64(82)102-49-30-53(101-50(49)32-100-107(87,88)105-108(89,90)104-106(84,85)86)77-31-41(63(81)74-65(77)83)14-12-22-69-51(78)33-97-25-26-98-52(75-76-68)34-99-42-15-11-13-40(27-42)62(80)71-24-23-70-61(79)39-20-18-38(19-21-39)54-45-28-47-55(72-36(2)66(47,4)5)59(111(91,92)93)57(45)103-58-46(54)29-48-56(60(58)112(94,95)96)73-37(3)67(48,6)7/h9-11,13,15-21,27-29,31,35-37,49-50,52-53,72H,22-26,30,32-34H2,1-8H3,(H,69,78)(H,70,79)(H,71,80)(H,87,88)(H,89,90)(H,74,81,83)(H2,84,85,86)(H,91,92,93)(H,94,95,96)/t35?,36?,37?,49-,50-,52?,53-/m1/s1. The van der Waals surface area contributed by atoms with Crippen LogP contribution in [0.3, 0.4) is 0 Å². The van der Waals surface area contributed by atoms with Crippen LogP contribution in [0.5, 0.6) is 17.2 Å². The molecule has 1 saturated heterocycles. The largest absolute Gasteiger partial charge is 0.491 e. The zero-order chi connectivity index (χ0) is 81.8. The van der Waals surface area contributed by atoms with Crippen LogP contribution in [-0.2, 0) is 81.6 Å². The molecule has 600 valence electrons. The van der Waals surface area contributed by atoms with Gasteiger partial charge in [-0.05, 0) is 103 Å². The Morgan fingerprint density at radius 1 is 0.848 bits per heavy atom. The predicted molar refractivity (Wildman–Crippen MR) is 401 cm³/mol. The Balaban J connectivity index is 0.699. The Kier molecular flexibility index (Phi) is 26.5. The Hall–Kier alpha value is -8.59. The molecule has 0 bridgehead atoms. The summed E-state index contributed by atoms with van der Waals surface area (Å²) < 4.78 is 159. The highest BCUT2D eigenvalue weighted by Crippen LogP contribution is 2.66. The first-order valence-electron chi connectivity index (χ1n) is 33.6. The molecule has 4 aliphatic heterocycles. The average molecular weight is 1690 g/mol. The third-order valence-corrected chi connectivity index (χ3v) is 26.2. The van der Waals surface area contributed by atoms with E-state index < -0.39 is 161 Å². The first-order valence-corrected chi connectivity index (χ1v) is 43.6. The van der Waals surface area contributed by atoms with Gasteiger partial charge in [0.05, 0.1) is 49.0 Å². The fourth-order valence-electron chi connectivity index (χ4n) is 12.4. The van der Waals surface area contributed by atoms with Crippen molar-refractivity contribution >= 4 is 100 Å². The normalized spacial score (nSPS) is 19.4. The van der Waals surface area contributed by atoms with Crippen LogP contribution < -0.4 is 52.6 Å². The number of anilines is 1. The number of hydrogen-bond donors (Lipinski definition) is 11. The summed E-state index contributed by atoms with van der Waals surface area (Å²) in [6.45, 7) is 10.1. The van der Waals surface area contributed by atoms with Gasteiger partial charge in [0.15, 0.2) is 27.5 Å². The van der Waals surface area contributed by atoms with Gasteiger partial charge in [0.1, 0.15) is 43.0 Å². The van der Waals surface area contributed by atoms with Crippen LogP contribution in [0.4, 0.5) is 5.69 Å². The molecule has 5 aromatic carbocycles. The third kappa shape index (κ3) is 20.1. The molecular weight excluding hydrogens is 1610 g/mol. The molecule has 38 nitrogen and oxygen atoms in total. The van der Waals surface area contributed by atoms with Crippen LogP contribution in [0, 0.1) is 11.8 Å². The highest BCUT2D eigenvalue weighted by Gasteiger charge is 2.48. The summed E-state index contributed by atoms with van der Waals surface area (Å²) in [6, 6.07) is 21.1. The van der Waals surface area contributed by atoms with Crippen molar-refractivity contribution in [3.63, 3.8) is 0 Å². The highest BCUT2D eigenvalue weighted by atomic mass is 33.1. The number of aromatic nitrogens is 2. The van der Waals surface area contributed by atoms with E-state index in [9.17, 15) is 83.7 Å². The number of phosphoric ester groups is 1. The van der Waals surface area contributed by atoms with Crippen molar-refractivity contribution in [3.8, 4) is 29.1 Å². The molecule has 0 radical (unpaired) electrons. The lowest BCUT2D eigenvalue weighted by atomic mass is 9.78. The first-order chi connectivity index (χ1) is 52.5. The smallest absolute Gasteiger partial charge is 0.490 e. The number of ether oxygens (including phenoxy) is 6. The molecule has 4 aliphatic rings. The molecule has 45 heteroatoms. The van der Waals surface area contributed by atoms with Gasteiger partial charge in [0.25, 0.3) is 37.6 Å². The predicted octanol–water partition coefficient (Wildman–Crippen LogP) is 6.08. The van der Waals surface area contributed by atoms with Gasteiger partial charge in [-0.25, -0.2) is 23.3 Å². The first kappa shape index (κ1) is 85.8. The number of esters is 1. The second-order valence-corrected chi connectivity index (χ2v) is 36.5. The van der Waals surface area contributed by atoms with Gasteiger partial charge >= 0.3 is 35.1 Å². The van der Waals surface area contributed by atoms with Gasteiger partial charge in [-0.2, -0.15) is 25.5 Å². The number of rotatable bonds is 32. The number of nitrogens with one attached hydrogen (secondary N) is 5. The topological polar surface area (TPSA) is 556 Å². The number of fused-ring (bicyclic) bond motifs is 4. The lowest BCUT2D eigenvalue weighted by Gasteiger charge is -2.29. The van der Waals surface area contributed by atoms with Gasteiger partial charge < -0.3 is 69.3 Å². The quantitative estimate of drug-likeness (QED) is 0.00262. The van der Waals surface area contributed by atoms with Gasteiger partial charge in [-0.3, -0.25) is 47.4 Å². The van der Waals surface area contributed by atoms with E-state index in [1.807, 2.05) is 47.8 Å². The van der Waals surface area contributed by atoms with Gasteiger partial charge in [0.2, 0.25) is 5.91 Å². The zero-order valence-corrected chi connectivity index (χ0v) is 66.4. The second-order valence-electron chi connectivity index (χ2n) is 26.5. The van der Waals surface area contributed by atoms with Crippen LogP contribution in [0.25, 0.3) is 16.0 Å². The molecule has 11 N–H and O–H groups in total. The minimum absolute atomic E-state index is 0.0462. The van der Waals surface area contributed by atoms with E-state index in [0.29, 0.717) is 22.3 Å². The number of benzene rings is 5. The lowest BCUT2D eigenvalue weighted by Crippen LogP contribution is -2.34. The Morgan fingerprint density at radius 3 is 2.21 bits per heavy atom. The molecular formula is C67H75N10O28P3S4. The van der Waals surface area contributed by atoms with E-state index in [1.54, 1.807) is 49.4 Å². The van der Waals surface area contributed by atoms with E-state index in [1.165, 1.54) is 64.1 Å². The van der Waals surface area contributed by atoms with Crippen LogP contribution in [0.15, 0.2) is 121 Å². The highest BCUT2D eigenvalue weighted by molar-refractivity contribution is 8.76. The molecule has 1 aromatic heterocycles. The molecule has 0 saturated carbocycles. The van der Waals surface area contributed by atoms with Crippen molar-refractivity contribution in [1.82, 2.24) is 25.5 Å². The fraction of sp³-hybridized carbons (Fsp3) is 0.388. The van der Waals surface area contributed by atoms with Crippen molar-refractivity contribution < 1.29 is 120 Å². The molecule has 10 rings (SSSR count). The minimum atomic E-state index is -5.95.